The first-order chi connectivity index (χ1) is 8.66. The third-order valence-corrected chi connectivity index (χ3v) is 3.18. The van der Waals surface area contributed by atoms with E-state index in [0.717, 1.165) is 12.8 Å². The Morgan fingerprint density at radius 3 is 2.89 bits per heavy atom. The van der Waals surface area contributed by atoms with Gasteiger partial charge in [0.15, 0.2) is 6.61 Å². The summed E-state index contributed by atoms with van der Waals surface area (Å²) in [5.74, 6) is 0.585. The summed E-state index contributed by atoms with van der Waals surface area (Å²) in [5, 5.41) is 12.7. The Morgan fingerprint density at radius 2 is 2.22 bits per heavy atom. The highest BCUT2D eigenvalue weighted by molar-refractivity contribution is 6.32. The zero-order chi connectivity index (χ0) is 13.0. The van der Waals surface area contributed by atoms with E-state index < -0.39 is 6.10 Å². The van der Waals surface area contributed by atoms with E-state index in [-0.39, 0.29) is 19.1 Å². The van der Waals surface area contributed by atoms with Crippen LogP contribution in [0.3, 0.4) is 0 Å². The third kappa shape index (κ3) is 3.89. The lowest BCUT2D eigenvalue weighted by Crippen LogP contribution is -2.36. The number of aliphatic hydroxyl groups excluding tert-OH is 1. The fourth-order valence-electron chi connectivity index (χ4n) is 1.62. The van der Waals surface area contributed by atoms with E-state index >= 15 is 0 Å². The summed E-state index contributed by atoms with van der Waals surface area (Å²) >= 11 is 5.89. The molecule has 1 aliphatic rings. The molecule has 98 valence electrons. The van der Waals surface area contributed by atoms with Gasteiger partial charge in [-0.25, -0.2) is 0 Å². The van der Waals surface area contributed by atoms with Gasteiger partial charge in [0, 0.05) is 6.54 Å². The number of hydrogen-bond donors (Lipinski definition) is 2. The van der Waals surface area contributed by atoms with Gasteiger partial charge in [-0.2, -0.15) is 0 Å². The normalized spacial score (nSPS) is 16.1. The average Bonchev–Trinajstić information content (AvgIpc) is 3.19. The van der Waals surface area contributed by atoms with Gasteiger partial charge in [-0.15, -0.1) is 0 Å². The van der Waals surface area contributed by atoms with Gasteiger partial charge in [0.25, 0.3) is 5.91 Å². The molecule has 0 spiro atoms. The minimum absolute atomic E-state index is 0.0961. The minimum Gasteiger partial charge on any atom is -0.482 e. The lowest BCUT2D eigenvalue weighted by Gasteiger charge is -2.11. The highest BCUT2D eigenvalue weighted by Gasteiger charge is 2.29. The lowest BCUT2D eigenvalue weighted by molar-refractivity contribution is -0.123. The van der Waals surface area contributed by atoms with Gasteiger partial charge < -0.3 is 15.2 Å². The molecule has 1 fully saturated rings. The lowest BCUT2D eigenvalue weighted by atomic mass is 10.2. The van der Waals surface area contributed by atoms with Gasteiger partial charge in [0.1, 0.15) is 5.75 Å². The first-order valence-corrected chi connectivity index (χ1v) is 6.36. The van der Waals surface area contributed by atoms with Gasteiger partial charge in [0.2, 0.25) is 0 Å². The van der Waals surface area contributed by atoms with E-state index in [9.17, 15) is 9.90 Å². The summed E-state index contributed by atoms with van der Waals surface area (Å²) in [6.45, 7) is 0.191. The Balaban J connectivity index is 1.69. The number of ether oxygens (including phenoxy) is 1. The van der Waals surface area contributed by atoms with Crippen molar-refractivity contribution in [1.29, 1.82) is 0 Å². The Hall–Kier alpha value is -1.26. The molecule has 5 heteroatoms. The number of carbonyl (C=O) groups is 1. The maximum absolute atomic E-state index is 11.5. The summed E-state index contributed by atoms with van der Waals surface area (Å²) in [7, 11) is 0. The minimum atomic E-state index is -0.436. The molecule has 4 nitrogen and oxygen atoms in total. The smallest absolute Gasteiger partial charge is 0.258 e. The molecule has 1 atom stereocenters. The second-order valence-corrected chi connectivity index (χ2v) is 4.84. The molecule has 18 heavy (non-hydrogen) atoms. The first-order valence-electron chi connectivity index (χ1n) is 5.99. The van der Waals surface area contributed by atoms with Crippen molar-refractivity contribution in [3.63, 3.8) is 0 Å². The van der Waals surface area contributed by atoms with Gasteiger partial charge in [-0.05, 0) is 30.9 Å². The fraction of sp³-hybridized carbons (Fsp3) is 0.462. The van der Waals surface area contributed by atoms with Crippen molar-refractivity contribution >= 4 is 17.5 Å². The highest BCUT2D eigenvalue weighted by Crippen LogP contribution is 2.32. The average molecular weight is 270 g/mol. The SMILES string of the molecule is O=C(COc1ccccc1Cl)NCC(O)C1CC1. The molecule has 0 saturated heterocycles. The number of benzene rings is 1. The molecule has 1 aliphatic carbocycles. The topological polar surface area (TPSA) is 58.6 Å². The van der Waals surface area contributed by atoms with Gasteiger partial charge >= 0.3 is 0 Å². The predicted octanol–water partition coefficient (Wildman–Crippen LogP) is 1.61. The second-order valence-electron chi connectivity index (χ2n) is 4.43. The molecular formula is C13H16ClNO3. The molecule has 2 N–H and O–H groups in total. The van der Waals surface area contributed by atoms with E-state index in [2.05, 4.69) is 5.32 Å². The van der Waals surface area contributed by atoms with Crippen molar-refractivity contribution in [1.82, 2.24) is 5.32 Å². The van der Waals surface area contributed by atoms with Crippen molar-refractivity contribution < 1.29 is 14.6 Å². The monoisotopic (exact) mass is 269 g/mol. The van der Waals surface area contributed by atoms with Crippen LogP contribution in [0.2, 0.25) is 5.02 Å². The second kappa shape index (κ2) is 6.07. The predicted molar refractivity (Wildman–Crippen MR) is 68.7 cm³/mol. The van der Waals surface area contributed by atoms with Gasteiger partial charge in [-0.3, -0.25) is 4.79 Å². The number of hydrogen-bond acceptors (Lipinski definition) is 3. The quantitative estimate of drug-likeness (QED) is 0.825. The molecular weight excluding hydrogens is 254 g/mol. The molecule has 1 amide bonds. The Bertz CT molecular complexity index is 420. The Labute approximate surface area is 111 Å². The number of aliphatic hydroxyl groups is 1. The molecule has 1 aromatic carbocycles. The van der Waals surface area contributed by atoms with E-state index in [1.54, 1.807) is 24.3 Å². The summed E-state index contributed by atoms with van der Waals surface area (Å²) in [6, 6.07) is 6.98. The van der Waals surface area contributed by atoms with E-state index in [0.29, 0.717) is 16.7 Å². The van der Waals surface area contributed by atoms with Crippen LogP contribution in [0.15, 0.2) is 24.3 Å². The standard InChI is InChI=1S/C13H16ClNO3/c14-10-3-1-2-4-12(10)18-8-13(17)15-7-11(16)9-5-6-9/h1-4,9,11,16H,5-8H2,(H,15,17). The number of halogens is 1. The summed E-state index contributed by atoms with van der Waals surface area (Å²) in [5.41, 5.74) is 0. The van der Waals surface area contributed by atoms with Gasteiger partial charge in [-0.1, -0.05) is 23.7 Å². The van der Waals surface area contributed by atoms with Crippen LogP contribution in [-0.2, 0) is 4.79 Å². The van der Waals surface area contributed by atoms with Crippen LogP contribution in [-0.4, -0.2) is 30.3 Å². The fourth-order valence-corrected chi connectivity index (χ4v) is 1.81. The molecule has 0 bridgehead atoms. The first kappa shape index (κ1) is 13.2. The maximum Gasteiger partial charge on any atom is 0.258 e. The van der Waals surface area contributed by atoms with Crippen molar-refractivity contribution in [2.24, 2.45) is 5.92 Å². The van der Waals surface area contributed by atoms with Crippen molar-refractivity contribution in [2.45, 2.75) is 18.9 Å². The van der Waals surface area contributed by atoms with Crippen LogP contribution in [0.1, 0.15) is 12.8 Å². The van der Waals surface area contributed by atoms with Crippen molar-refractivity contribution in [3.05, 3.63) is 29.3 Å². The van der Waals surface area contributed by atoms with Crippen LogP contribution >= 0.6 is 11.6 Å². The maximum atomic E-state index is 11.5. The summed E-state index contributed by atoms with van der Waals surface area (Å²) in [6.07, 6.45) is 1.66. The van der Waals surface area contributed by atoms with E-state index in [4.69, 9.17) is 16.3 Å². The van der Waals surface area contributed by atoms with Crippen molar-refractivity contribution in [2.75, 3.05) is 13.2 Å². The van der Waals surface area contributed by atoms with Crippen molar-refractivity contribution in [3.8, 4) is 5.75 Å². The number of para-hydroxylation sites is 1. The number of nitrogens with one attached hydrogen (secondary N) is 1. The van der Waals surface area contributed by atoms with Crippen LogP contribution in [0.25, 0.3) is 0 Å². The summed E-state index contributed by atoms with van der Waals surface area (Å²) in [4.78, 5) is 11.5. The molecule has 1 aromatic rings. The third-order valence-electron chi connectivity index (χ3n) is 2.87. The summed E-state index contributed by atoms with van der Waals surface area (Å²) < 4.78 is 5.28. The Morgan fingerprint density at radius 1 is 1.50 bits per heavy atom. The van der Waals surface area contributed by atoms with Crippen LogP contribution < -0.4 is 10.1 Å². The number of carbonyl (C=O) groups excluding carboxylic acids is 1. The molecule has 1 saturated carbocycles. The highest BCUT2D eigenvalue weighted by atomic mass is 35.5. The van der Waals surface area contributed by atoms with E-state index in [1.807, 2.05) is 0 Å². The number of rotatable bonds is 6. The van der Waals surface area contributed by atoms with E-state index in [1.165, 1.54) is 0 Å². The zero-order valence-electron chi connectivity index (χ0n) is 9.93. The van der Waals surface area contributed by atoms with Crippen LogP contribution in [0.4, 0.5) is 0 Å². The number of amides is 1. The molecule has 2 rings (SSSR count). The molecule has 0 aliphatic heterocycles. The van der Waals surface area contributed by atoms with Gasteiger partial charge in [0.05, 0.1) is 11.1 Å². The Kier molecular flexibility index (Phi) is 4.44. The molecule has 0 aromatic heterocycles. The zero-order valence-corrected chi connectivity index (χ0v) is 10.7. The van der Waals surface area contributed by atoms with Crippen LogP contribution in [0.5, 0.6) is 5.75 Å². The molecule has 0 heterocycles. The molecule has 0 radical (unpaired) electrons. The van der Waals surface area contributed by atoms with Crippen LogP contribution in [0, 0.1) is 5.92 Å². The molecule has 1 unspecified atom stereocenters. The largest absolute Gasteiger partial charge is 0.482 e.